The van der Waals surface area contributed by atoms with Gasteiger partial charge < -0.3 is 14.7 Å². The first-order valence-corrected chi connectivity index (χ1v) is 7.85. The Hall–Kier alpha value is -2.66. The molecule has 126 valence electrons. The molecule has 0 amide bonds. The number of amidine groups is 1. The molecule has 0 aromatic heterocycles. The van der Waals surface area contributed by atoms with Crippen molar-refractivity contribution < 1.29 is 9.84 Å². The van der Waals surface area contributed by atoms with E-state index in [0.29, 0.717) is 18.2 Å². The third-order valence-corrected chi connectivity index (χ3v) is 3.55. The van der Waals surface area contributed by atoms with Gasteiger partial charge in [0.1, 0.15) is 12.4 Å². The Bertz CT molecular complexity index is 675. The van der Waals surface area contributed by atoms with E-state index in [0.717, 1.165) is 17.7 Å². The summed E-state index contributed by atoms with van der Waals surface area (Å²) in [4.78, 5) is 10.1. The molecule has 5 nitrogen and oxygen atoms in total. The summed E-state index contributed by atoms with van der Waals surface area (Å²) in [5.41, 5.74) is 1.85. The summed E-state index contributed by atoms with van der Waals surface area (Å²) in [6.07, 6.45) is 6.71. The number of ether oxygens (including phenoxy) is 1. The van der Waals surface area contributed by atoms with Gasteiger partial charge in [-0.2, -0.15) is 0 Å². The molecule has 0 saturated carbocycles. The second-order valence-electron chi connectivity index (χ2n) is 5.33. The van der Waals surface area contributed by atoms with Crippen molar-refractivity contribution in [2.45, 2.75) is 26.2 Å². The number of aliphatic hydroxyl groups excluding tert-OH is 1. The van der Waals surface area contributed by atoms with Gasteiger partial charge in [0.15, 0.2) is 12.0 Å². The highest BCUT2D eigenvalue weighted by Crippen LogP contribution is 2.17. The maximum absolute atomic E-state index is 10.3. The Morgan fingerprint density at radius 2 is 2.17 bits per heavy atom. The van der Waals surface area contributed by atoms with Gasteiger partial charge in [0.05, 0.1) is 6.20 Å². The van der Waals surface area contributed by atoms with E-state index >= 15 is 0 Å². The molecule has 0 aliphatic carbocycles. The maximum atomic E-state index is 10.3. The minimum atomic E-state index is -0.867. The van der Waals surface area contributed by atoms with E-state index < -0.39 is 6.23 Å². The molecule has 0 radical (unpaired) electrons. The summed E-state index contributed by atoms with van der Waals surface area (Å²) >= 11 is 0. The molecule has 1 aliphatic rings. The number of aliphatic hydroxyl groups is 1. The lowest BCUT2D eigenvalue weighted by Crippen LogP contribution is -2.40. The number of benzene rings is 1. The summed E-state index contributed by atoms with van der Waals surface area (Å²) in [6, 6.07) is 9.80. The summed E-state index contributed by atoms with van der Waals surface area (Å²) in [7, 11) is 1.76. The van der Waals surface area contributed by atoms with Gasteiger partial charge in [-0.3, -0.25) is 4.99 Å². The van der Waals surface area contributed by atoms with Crippen molar-refractivity contribution >= 4 is 12.1 Å². The number of rotatable bonds is 7. The smallest absolute Gasteiger partial charge is 0.188 e. The van der Waals surface area contributed by atoms with Crippen molar-refractivity contribution in [1.82, 2.24) is 4.90 Å². The first-order chi connectivity index (χ1) is 11.6. The molecule has 5 heteroatoms. The molecular formula is C19H23N3O2. The lowest BCUT2D eigenvalue weighted by Gasteiger charge is -2.29. The normalized spacial score (nSPS) is 18.0. The molecule has 1 heterocycles. The van der Waals surface area contributed by atoms with Crippen LogP contribution in [-0.4, -0.2) is 35.3 Å². The minimum absolute atomic E-state index is 0.393. The van der Waals surface area contributed by atoms with Crippen LogP contribution in [0, 0.1) is 0 Å². The van der Waals surface area contributed by atoms with Crippen LogP contribution in [0.2, 0.25) is 0 Å². The summed E-state index contributed by atoms with van der Waals surface area (Å²) in [5.74, 6) is 1.05. The van der Waals surface area contributed by atoms with Crippen LogP contribution in [0.5, 0.6) is 0 Å². The zero-order chi connectivity index (χ0) is 17.4. The van der Waals surface area contributed by atoms with Crippen molar-refractivity contribution in [2.75, 3.05) is 7.05 Å². The topological polar surface area (TPSA) is 57.4 Å². The van der Waals surface area contributed by atoms with Gasteiger partial charge in [-0.25, -0.2) is 4.99 Å². The number of aliphatic imine (C=N–C) groups is 2. The quantitative estimate of drug-likeness (QED) is 0.783. The molecule has 1 aromatic carbocycles. The van der Waals surface area contributed by atoms with Crippen molar-refractivity contribution in [1.29, 1.82) is 0 Å². The van der Waals surface area contributed by atoms with E-state index in [1.807, 2.05) is 37.3 Å². The van der Waals surface area contributed by atoms with Crippen molar-refractivity contribution in [3.8, 4) is 0 Å². The fourth-order valence-corrected chi connectivity index (χ4v) is 1.99. The molecule has 0 fully saturated rings. The number of nitrogens with zero attached hydrogens (tertiary/aromatic N) is 3. The second-order valence-corrected chi connectivity index (χ2v) is 5.33. The number of hydrogen-bond donors (Lipinski definition) is 1. The standard InChI is InChI=1S/C19H23N3O2/c1-4-15(2)20-12-8-11-18-21-13-17(19(23)22(18)3)24-14-16-9-6-5-7-10-16/h5-13,19,23H,2,4,14H2,1,3H3/b11-8+,20-12?. The Labute approximate surface area is 143 Å². The third kappa shape index (κ3) is 4.93. The molecule has 2 rings (SSSR count). The number of hydrogen-bond acceptors (Lipinski definition) is 5. The summed E-state index contributed by atoms with van der Waals surface area (Å²) in [6.45, 7) is 6.19. The van der Waals surface area contributed by atoms with Crippen LogP contribution in [0.4, 0.5) is 0 Å². The van der Waals surface area contributed by atoms with E-state index in [9.17, 15) is 5.11 Å². The van der Waals surface area contributed by atoms with Crippen LogP contribution in [-0.2, 0) is 11.3 Å². The molecule has 0 bridgehead atoms. The Morgan fingerprint density at radius 3 is 2.88 bits per heavy atom. The lowest BCUT2D eigenvalue weighted by molar-refractivity contribution is 0.0275. The molecule has 0 spiro atoms. The largest absolute Gasteiger partial charge is 0.487 e. The molecule has 1 unspecified atom stereocenters. The molecule has 1 aromatic rings. The van der Waals surface area contributed by atoms with Crippen LogP contribution in [0.1, 0.15) is 18.9 Å². The highest BCUT2D eigenvalue weighted by Gasteiger charge is 2.23. The summed E-state index contributed by atoms with van der Waals surface area (Å²) < 4.78 is 5.67. The Balaban J connectivity index is 1.99. The van der Waals surface area contributed by atoms with Gasteiger partial charge >= 0.3 is 0 Å². The average molecular weight is 325 g/mol. The van der Waals surface area contributed by atoms with Crippen LogP contribution in [0.15, 0.2) is 76.7 Å². The Morgan fingerprint density at radius 1 is 1.42 bits per heavy atom. The van der Waals surface area contributed by atoms with Crippen LogP contribution in [0.3, 0.4) is 0 Å². The Kier molecular flexibility index (Phi) is 6.51. The fourth-order valence-electron chi connectivity index (χ4n) is 1.99. The van der Waals surface area contributed by atoms with E-state index in [-0.39, 0.29) is 0 Å². The van der Waals surface area contributed by atoms with Crippen molar-refractivity contribution in [3.63, 3.8) is 0 Å². The summed E-state index contributed by atoms with van der Waals surface area (Å²) in [5, 5.41) is 10.3. The van der Waals surface area contributed by atoms with Gasteiger partial charge in [0.2, 0.25) is 0 Å². The molecule has 1 N–H and O–H groups in total. The molecule has 0 saturated heterocycles. The third-order valence-electron chi connectivity index (χ3n) is 3.55. The predicted octanol–water partition coefficient (Wildman–Crippen LogP) is 3.26. The second kappa shape index (κ2) is 8.84. The van der Waals surface area contributed by atoms with Gasteiger partial charge in [-0.1, -0.05) is 43.8 Å². The average Bonchev–Trinajstić information content (AvgIpc) is 2.62. The number of allylic oxidation sites excluding steroid dienone is 2. The zero-order valence-corrected chi connectivity index (χ0v) is 14.1. The van der Waals surface area contributed by atoms with E-state index in [4.69, 9.17) is 4.74 Å². The molecule has 1 aliphatic heterocycles. The van der Waals surface area contributed by atoms with Gasteiger partial charge in [0.25, 0.3) is 0 Å². The van der Waals surface area contributed by atoms with E-state index in [1.54, 1.807) is 36.5 Å². The zero-order valence-electron chi connectivity index (χ0n) is 14.1. The highest BCUT2D eigenvalue weighted by molar-refractivity contribution is 5.97. The number of likely N-dealkylation sites (N-methyl/N-ethyl adjacent to an activating group) is 1. The maximum Gasteiger partial charge on any atom is 0.188 e. The van der Waals surface area contributed by atoms with Crippen LogP contribution >= 0.6 is 0 Å². The van der Waals surface area contributed by atoms with Crippen LogP contribution < -0.4 is 0 Å². The first kappa shape index (κ1) is 17.7. The fraction of sp³-hybridized carbons (Fsp3) is 0.263. The van der Waals surface area contributed by atoms with E-state index in [1.165, 1.54) is 0 Å². The van der Waals surface area contributed by atoms with Crippen LogP contribution in [0.25, 0.3) is 0 Å². The monoisotopic (exact) mass is 325 g/mol. The molecule has 24 heavy (non-hydrogen) atoms. The highest BCUT2D eigenvalue weighted by atomic mass is 16.5. The van der Waals surface area contributed by atoms with Crippen molar-refractivity contribution in [3.05, 3.63) is 72.3 Å². The predicted molar refractivity (Wildman–Crippen MR) is 97.6 cm³/mol. The molecule has 1 atom stereocenters. The van der Waals surface area contributed by atoms with Gasteiger partial charge in [-0.05, 0) is 24.1 Å². The van der Waals surface area contributed by atoms with Gasteiger partial charge in [0, 0.05) is 19.0 Å². The molecular weight excluding hydrogens is 302 g/mol. The van der Waals surface area contributed by atoms with Gasteiger partial charge in [-0.15, -0.1) is 0 Å². The SMILES string of the molecule is C=C(CC)N=C/C=C/C1=NC=C(OCc2ccccc2)C(O)N1C. The van der Waals surface area contributed by atoms with E-state index in [2.05, 4.69) is 16.6 Å². The minimum Gasteiger partial charge on any atom is -0.487 e. The van der Waals surface area contributed by atoms with Crippen molar-refractivity contribution in [2.24, 2.45) is 9.98 Å². The first-order valence-electron chi connectivity index (χ1n) is 7.85. The lowest BCUT2D eigenvalue weighted by atomic mass is 10.2.